The first-order valence-electron chi connectivity index (χ1n) is 6.13. The fourth-order valence-electron chi connectivity index (χ4n) is 2.48. The summed E-state index contributed by atoms with van der Waals surface area (Å²) in [5, 5.41) is 0. The minimum absolute atomic E-state index is 0.224. The van der Waals surface area contributed by atoms with Crippen LogP contribution in [-0.2, 0) is 23.8 Å². The third kappa shape index (κ3) is 4.31. The maximum absolute atomic E-state index is 12.2. The van der Waals surface area contributed by atoms with E-state index in [0.29, 0.717) is 26.1 Å². The van der Waals surface area contributed by atoms with Crippen LogP contribution in [0.2, 0.25) is 0 Å². The molecule has 9 heteroatoms. The lowest BCUT2D eigenvalue weighted by Crippen LogP contribution is -2.40. The Balaban J connectivity index is 2.62. The first kappa shape index (κ1) is 17.7. The van der Waals surface area contributed by atoms with Gasteiger partial charge in [-0.25, -0.2) is 0 Å². The molecule has 1 saturated carbocycles. The van der Waals surface area contributed by atoms with Crippen LogP contribution in [-0.4, -0.2) is 47.5 Å². The molecule has 0 saturated heterocycles. The van der Waals surface area contributed by atoms with E-state index in [4.69, 9.17) is 9.47 Å². The molecular formula is C11H19F3O5S. The molecule has 0 atom stereocenters. The van der Waals surface area contributed by atoms with Gasteiger partial charge in [0, 0.05) is 19.6 Å². The molecule has 20 heavy (non-hydrogen) atoms. The molecule has 1 aliphatic carbocycles. The van der Waals surface area contributed by atoms with Crippen molar-refractivity contribution < 1.29 is 35.2 Å². The van der Waals surface area contributed by atoms with Crippen molar-refractivity contribution in [2.24, 2.45) is 5.41 Å². The minimum Gasteiger partial charge on any atom is -0.384 e. The number of rotatable bonds is 6. The van der Waals surface area contributed by atoms with E-state index in [0.717, 1.165) is 0 Å². The van der Waals surface area contributed by atoms with E-state index in [-0.39, 0.29) is 18.3 Å². The smallest absolute Gasteiger partial charge is 0.384 e. The van der Waals surface area contributed by atoms with Crippen LogP contribution in [0.3, 0.4) is 0 Å². The average molecular weight is 320 g/mol. The van der Waals surface area contributed by atoms with Gasteiger partial charge in [-0.2, -0.15) is 21.6 Å². The third-order valence-corrected chi connectivity index (χ3v) is 4.53. The summed E-state index contributed by atoms with van der Waals surface area (Å²) >= 11 is 0. The largest absolute Gasteiger partial charge is 0.523 e. The van der Waals surface area contributed by atoms with Crippen LogP contribution in [0.1, 0.15) is 25.7 Å². The molecule has 0 unspecified atom stereocenters. The van der Waals surface area contributed by atoms with Crippen LogP contribution in [0.15, 0.2) is 0 Å². The summed E-state index contributed by atoms with van der Waals surface area (Å²) in [6.07, 6.45) is 0.493. The zero-order chi connectivity index (χ0) is 15.4. The van der Waals surface area contributed by atoms with Gasteiger partial charge in [0.2, 0.25) is 0 Å². The van der Waals surface area contributed by atoms with Gasteiger partial charge in [-0.3, -0.25) is 4.18 Å². The second kappa shape index (κ2) is 6.59. The van der Waals surface area contributed by atoms with E-state index in [2.05, 4.69) is 4.18 Å². The molecule has 0 aromatic carbocycles. The van der Waals surface area contributed by atoms with E-state index in [1.165, 1.54) is 14.2 Å². The van der Waals surface area contributed by atoms with E-state index < -0.39 is 21.7 Å². The number of hydrogen-bond acceptors (Lipinski definition) is 5. The summed E-state index contributed by atoms with van der Waals surface area (Å²) in [7, 11) is -2.45. The Hall–Kier alpha value is -0.380. The highest BCUT2D eigenvalue weighted by atomic mass is 32.2. The summed E-state index contributed by atoms with van der Waals surface area (Å²) in [6, 6.07) is 0. The van der Waals surface area contributed by atoms with Gasteiger partial charge in [0.05, 0.1) is 19.3 Å². The van der Waals surface area contributed by atoms with E-state index in [9.17, 15) is 21.6 Å². The van der Waals surface area contributed by atoms with Crippen LogP contribution >= 0.6 is 0 Å². The average Bonchev–Trinajstić information content (AvgIpc) is 2.31. The maximum atomic E-state index is 12.2. The van der Waals surface area contributed by atoms with E-state index >= 15 is 0 Å². The number of methoxy groups -OCH3 is 2. The molecule has 1 fully saturated rings. The molecule has 0 aromatic rings. The Morgan fingerprint density at radius 2 is 1.55 bits per heavy atom. The zero-order valence-corrected chi connectivity index (χ0v) is 12.2. The first-order valence-corrected chi connectivity index (χ1v) is 7.54. The number of alkyl halides is 3. The molecule has 1 aliphatic rings. The van der Waals surface area contributed by atoms with Crippen LogP contribution in [0.4, 0.5) is 13.2 Å². The Bertz CT molecular complexity index is 391. The number of halogens is 3. The van der Waals surface area contributed by atoms with Crippen molar-refractivity contribution in [2.75, 3.05) is 27.4 Å². The van der Waals surface area contributed by atoms with Crippen molar-refractivity contribution >= 4 is 10.1 Å². The molecule has 0 heterocycles. The fraction of sp³-hybridized carbons (Fsp3) is 1.00. The van der Waals surface area contributed by atoms with Gasteiger partial charge >= 0.3 is 15.6 Å². The van der Waals surface area contributed by atoms with Crippen LogP contribution in [0.25, 0.3) is 0 Å². The Kier molecular flexibility index (Phi) is 5.82. The highest BCUT2D eigenvalue weighted by molar-refractivity contribution is 7.87. The molecule has 0 aliphatic heterocycles. The lowest BCUT2D eigenvalue weighted by Gasteiger charge is -2.38. The molecule has 0 bridgehead atoms. The van der Waals surface area contributed by atoms with E-state index in [1.54, 1.807) is 0 Å². The van der Waals surface area contributed by atoms with Gasteiger partial charge in [0.15, 0.2) is 0 Å². The summed E-state index contributed by atoms with van der Waals surface area (Å²) in [5.74, 6) is 0. The molecule has 0 N–H and O–H groups in total. The van der Waals surface area contributed by atoms with Gasteiger partial charge in [0.25, 0.3) is 0 Å². The number of hydrogen-bond donors (Lipinski definition) is 0. The minimum atomic E-state index is -5.52. The standard InChI is InChI=1S/C11H19F3O5S/c1-17-7-10(8-18-2)5-3-9(4-6-10)19-20(15,16)11(12,13)14/h9H,3-8H2,1-2H3. The lowest BCUT2D eigenvalue weighted by molar-refractivity contribution is -0.0655. The van der Waals surface area contributed by atoms with Gasteiger partial charge < -0.3 is 9.47 Å². The zero-order valence-electron chi connectivity index (χ0n) is 11.4. The quantitative estimate of drug-likeness (QED) is 0.554. The van der Waals surface area contributed by atoms with Crippen LogP contribution in [0.5, 0.6) is 0 Å². The normalized spacial score (nSPS) is 21.1. The maximum Gasteiger partial charge on any atom is 0.523 e. The Morgan fingerprint density at radius 3 is 1.90 bits per heavy atom. The van der Waals surface area contributed by atoms with Gasteiger partial charge in [0.1, 0.15) is 0 Å². The monoisotopic (exact) mass is 320 g/mol. The Morgan fingerprint density at radius 1 is 1.10 bits per heavy atom. The van der Waals surface area contributed by atoms with Crippen molar-refractivity contribution in [3.8, 4) is 0 Å². The van der Waals surface area contributed by atoms with Crippen molar-refractivity contribution in [2.45, 2.75) is 37.3 Å². The van der Waals surface area contributed by atoms with Crippen molar-refractivity contribution in [1.82, 2.24) is 0 Å². The molecule has 0 aromatic heterocycles. The van der Waals surface area contributed by atoms with Crippen molar-refractivity contribution in [3.63, 3.8) is 0 Å². The molecule has 0 spiro atoms. The predicted molar refractivity (Wildman–Crippen MR) is 64.5 cm³/mol. The van der Waals surface area contributed by atoms with Gasteiger partial charge in [-0.15, -0.1) is 0 Å². The van der Waals surface area contributed by atoms with Crippen molar-refractivity contribution in [3.05, 3.63) is 0 Å². The molecule has 5 nitrogen and oxygen atoms in total. The topological polar surface area (TPSA) is 61.8 Å². The fourth-order valence-corrected chi connectivity index (χ4v) is 3.14. The lowest BCUT2D eigenvalue weighted by atomic mass is 9.74. The highest BCUT2D eigenvalue weighted by Crippen LogP contribution is 2.39. The van der Waals surface area contributed by atoms with E-state index in [1.807, 2.05) is 0 Å². The van der Waals surface area contributed by atoms with Crippen LogP contribution < -0.4 is 0 Å². The second-order valence-electron chi connectivity index (χ2n) is 5.06. The van der Waals surface area contributed by atoms with Gasteiger partial charge in [-0.05, 0) is 25.7 Å². The molecule has 0 amide bonds. The molecular weight excluding hydrogens is 301 g/mol. The number of ether oxygens (including phenoxy) is 2. The summed E-state index contributed by atoms with van der Waals surface area (Å²) in [4.78, 5) is 0. The summed E-state index contributed by atoms with van der Waals surface area (Å²) < 4.78 is 73.0. The predicted octanol–water partition coefficient (Wildman–Crippen LogP) is 2.07. The second-order valence-corrected chi connectivity index (χ2v) is 6.63. The summed E-state index contributed by atoms with van der Waals surface area (Å²) in [5.41, 5.74) is -5.66. The molecule has 0 radical (unpaired) electrons. The Labute approximate surface area is 116 Å². The first-order chi connectivity index (χ1) is 9.16. The SMILES string of the molecule is COCC1(COC)CCC(OS(=O)(=O)C(F)(F)F)CC1. The van der Waals surface area contributed by atoms with Gasteiger partial charge in [-0.1, -0.05) is 0 Å². The summed E-state index contributed by atoms with van der Waals surface area (Å²) in [6.45, 7) is 0.833. The van der Waals surface area contributed by atoms with Crippen molar-refractivity contribution in [1.29, 1.82) is 0 Å². The molecule has 1 rings (SSSR count). The highest BCUT2D eigenvalue weighted by Gasteiger charge is 2.49. The molecule has 120 valence electrons. The third-order valence-electron chi connectivity index (χ3n) is 3.44. The van der Waals surface area contributed by atoms with Crippen LogP contribution in [0, 0.1) is 5.41 Å².